The highest BCUT2D eigenvalue weighted by Crippen LogP contribution is 2.13. The number of nitrogens with zero attached hydrogens (tertiary/aromatic N) is 1. The van der Waals surface area contributed by atoms with Crippen molar-refractivity contribution in [3.05, 3.63) is 0 Å². The molecule has 1 atom stereocenters. The van der Waals surface area contributed by atoms with E-state index in [1.165, 1.54) is 6.42 Å². The molecule has 1 unspecified atom stereocenters. The van der Waals surface area contributed by atoms with E-state index in [2.05, 4.69) is 5.32 Å². The summed E-state index contributed by atoms with van der Waals surface area (Å²) in [6.07, 6.45) is 4.14. The zero-order valence-electron chi connectivity index (χ0n) is 11.3. The predicted molar refractivity (Wildman–Crippen MR) is 68.8 cm³/mol. The summed E-state index contributed by atoms with van der Waals surface area (Å²) in [5.41, 5.74) is -0.195. The number of rotatable bonds is 5. The summed E-state index contributed by atoms with van der Waals surface area (Å²) in [7, 11) is 0. The first-order valence-corrected chi connectivity index (χ1v) is 6.63. The molecule has 1 fully saturated rings. The van der Waals surface area contributed by atoms with Crippen molar-refractivity contribution in [2.24, 2.45) is 0 Å². The molecule has 1 saturated heterocycles. The molecular weight excluding hydrogens is 216 g/mol. The Kier molecular flexibility index (Phi) is 5.40. The van der Waals surface area contributed by atoms with Crippen LogP contribution in [0.2, 0.25) is 0 Å². The number of carbonyl (C=O) groups excluding carboxylic acids is 1. The summed E-state index contributed by atoms with van der Waals surface area (Å²) in [5.74, 6) is 0.190. The lowest BCUT2D eigenvalue weighted by atomic mass is 9.99. The van der Waals surface area contributed by atoms with Crippen LogP contribution in [0.1, 0.15) is 46.5 Å². The minimum absolute atomic E-state index is 0.143. The van der Waals surface area contributed by atoms with Crippen LogP contribution < -0.4 is 5.32 Å². The Hall–Kier alpha value is -0.610. The van der Waals surface area contributed by atoms with Gasteiger partial charge < -0.3 is 15.3 Å². The van der Waals surface area contributed by atoms with Crippen molar-refractivity contribution in [3.63, 3.8) is 0 Å². The van der Waals surface area contributed by atoms with Crippen molar-refractivity contribution in [2.45, 2.75) is 58.0 Å². The molecule has 0 aromatic carbocycles. The quantitative estimate of drug-likeness (QED) is 0.760. The number of likely N-dealkylation sites (tertiary alicyclic amines) is 1. The molecule has 4 nitrogen and oxygen atoms in total. The first-order valence-electron chi connectivity index (χ1n) is 6.63. The second-order valence-electron chi connectivity index (χ2n) is 5.61. The first kappa shape index (κ1) is 14.5. The standard InChI is InChI=1S/C13H26N2O2/c1-11(14-13(2,3)7-10-16)12(17)15-8-5-4-6-9-15/h11,14,16H,4-10H2,1-3H3. The number of carbonyl (C=O) groups is 1. The van der Waals surface area contributed by atoms with E-state index in [1.54, 1.807) is 0 Å². The number of amides is 1. The molecule has 0 saturated carbocycles. The Morgan fingerprint density at radius 2 is 1.94 bits per heavy atom. The minimum atomic E-state index is -0.195. The van der Waals surface area contributed by atoms with E-state index < -0.39 is 0 Å². The maximum Gasteiger partial charge on any atom is 0.239 e. The largest absolute Gasteiger partial charge is 0.396 e. The van der Waals surface area contributed by atoms with Crippen LogP contribution in [0.4, 0.5) is 0 Å². The molecule has 2 N–H and O–H groups in total. The van der Waals surface area contributed by atoms with Gasteiger partial charge in [-0.15, -0.1) is 0 Å². The normalized spacial score (nSPS) is 19.2. The molecule has 1 rings (SSSR count). The van der Waals surface area contributed by atoms with Gasteiger partial charge in [-0.2, -0.15) is 0 Å². The molecule has 0 aromatic heterocycles. The molecule has 0 aromatic rings. The van der Waals surface area contributed by atoms with Crippen LogP contribution in [0, 0.1) is 0 Å². The minimum Gasteiger partial charge on any atom is -0.396 e. The molecule has 1 aliphatic rings. The van der Waals surface area contributed by atoms with Gasteiger partial charge in [0.25, 0.3) is 0 Å². The zero-order chi connectivity index (χ0) is 12.9. The van der Waals surface area contributed by atoms with E-state index in [0.29, 0.717) is 6.42 Å². The molecule has 0 bridgehead atoms. The Morgan fingerprint density at radius 1 is 1.35 bits per heavy atom. The van der Waals surface area contributed by atoms with Crippen LogP contribution in [0.15, 0.2) is 0 Å². The monoisotopic (exact) mass is 242 g/mol. The average molecular weight is 242 g/mol. The second kappa shape index (κ2) is 6.36. The highest BCUT2D eigenvalue weighted by molar-refractivity contribution is 5.81. The fourth-order valence-corrected chi connectivity index (χ4v) is 2.39. The van der Waals surface area contributed by atoms with E-state index in [0.717, 1.165) is 25.9 Å². The number of aliphatic hydroxyl groups is 1. The smallest absolute Gasteiger partial charge is 0.239 e. The van der Waals surface area contributed by atoms with Crippen molar-refractivity contribution < 1.29 is 9.90 Å². The molecule has 1 heterocycles. The van der Waals surface area contributed by atoms with E-state index >= 15 is 0 Å². The van der Waals surface area contributed by atoms with E-state index in [1.807, 2.05) is 25.7 Å². The summed E-state index contributed by atoms with van der Waals surface area (Å²) in [6.45, 7) is 7.88. The number of aliphatic hydroxyl groups excluding tert-OH is 1. The van der Waals surface area contributed by atoms with Gasteiger partial charge in [0.1, 0.15) is 0 Å². The summed E-state index contributed by atoms with van der Waals surface area (Å²) in [4.78, 5) is 14.1. The lowest BCUT2D eigenvalue weighted by Crippen LogP contribution is -2.53. The number of hydrogen-bond donors (Lipinski definition) is 2. The Morgan fingerprint density at radius 3 is 2.47 bits per heavy atom. The van der Waals surface area contributed by atoms with Crippen molar-refractivity contribution in [2.75, 3.05) is 19.7 Å². The van der Waals surface area contributed by atoms with Crippen LogP contribution in [0.25, 0.3) is 0 Å². The Labute approximate surface area is 104 Å². The van der Waals surface area contributed by atoms with Gasteiger partial charge in [0.15, 0.2) is 0 Å². The topological polar surface area (TPSA) is 52.6 Å². The van der Waals surface area contributed by atoms with Crippen molar-refractivity contribution >= 4 is 5.91 Å². The number of piperidine rings is 1. The third-order valence-electron chi connectivity index (χ3n) is 3.38. The van der Waals surface area contributed by atoms with E-state index in [-0.39, 0.29) is 24.1 Å². The van der Waals surface area contributed by atoms with E-state index in [9.17, 15) is 4.79 Å². The van der Waals surface area contributed by atoms with E-state index in [4.69, 9.17) is 5.11 Å². The van der Waals surface area contributed by atoms with Crippen LogP contribution in [-0.2, 0) is 4.79 Å². The van der Waals surface area contributed by atoms with Gasteiger partial charge in [0.2, 0.25) is 5.91 Å². The third-order valence-corrected chi connectivity index (χ3v) is 3.38. The van der Waals surface area contributed by atoms with Crippen molar-refractivity contribution in [3.8, 4) is 0 Å². The van der Waals surface area contributed by atoms with Gasteiger partial charge in [0.05, 0.1) is 6.04 Å². The zero-order valence-corrected chi connectivity index (χ0v) is 11.3. The Bertz CT molecular complexity index is 248. The fraction of sp³-hybridized carbons (Fsp3) is 0.923. The van der Waals surface area contributed by atoms with Gasteiger partial charge in [-0.05, 0) is 46.5 Å². The molecular formula is C13H26N2O2. The van der Waals surface area contributed by atoms with Crippen LogP contribution in [-0.4, -0.2) is 47.2 Å². The van der Waals surface area contributed by atoms with Crippen LogP contribution >= 0.6 is 0 Å². The molecule has 100 valence electrons. The first-order chi connectivity index (χ1) is 7.96. The molecule has 0 radical (unpaired) electrons. The molecule has 1 aliphatic heterocycles. The predicted octanol–water partition coefficient (Wildman–Crippen LogP) is 1.14. The second-order valence-corrected chi connectivity index (χ2v) is 5.61. The third kappa shape index (κ3) is 4.64. The van der Waals surface area contributed by atoms with Gasteiger partial charge in [-0.3, -0.25) is 4.79 Å². The van der Waals surface area contributed by atoms with Crippen LogP contribution in [0.5, 0.6) is 0 Å². The summed E-state index contributed by atoms with van der Waals surface area (Å²) in [5, 5.41) is 12.3. The van der Waals surface area contributed by atoms with Crippen molar-refractivity contribution in [1.82, 2.24) is 10.2 Å². The number of nitrogens with one attached hydrogen (secondary N) is 1. The Balaban J connectivity index is 2.45. The summed E-state index contributed by atoms with van der Waals surface area (Å²) in [6, 6.07) is -0.172. The lowest BCUT2D eigenvalue weighted by molar-refractivity contribution is -0.134. The summed E-state index contributed by atoms with van der Waals surface area (Å²) >= 11 is 0. The fourth-order valence-electron chi connectivity index (χ4n) is 2.39. The van der Waals surface area contributed by atoms with Crippen molar-refractivity contribution in [1.29, 1.82) is 0 Å². The average Bonchev–Trinajstić information content (AvgIpc) is 2.28. The molecule has 17 heavy (non-hydrogen) atoms. The highest BCUT2D eigenvalue weighted by Gasteiger charge is 2.27. The highest BCUT2D eigenvalue weighted by atomic mass is 16.3. The molecule has 1 amide bonds. The van der Waals surface area contributed by atoms with Gasteiger partial charge >= 0.3 is 0 Å². The maximum atomic E-state index is 12.2. The molecule has 0 aliphatic carbocycles. The van der Waals surface area contributed by atoms with Gasteiger partial charge in [-0.25, -0.2) is 0 Å². The summed E-state index contributed by atoms with van der Waals surface area (Å²) < 4.78 is 0. The lowest BCUT2D eigenvalue weighted by Gasteiger charge is -2.34. The van der Waals surface area contributed by atoms with Crippen LogP contribution in [0.3, 0.4) is 0 Å². The maximum absolute atomic E-state index is 12.2. The van der Waals surface area contributed by atoms with Gasteiger partial charge in [-0.1, -0.05) is 0 Å². The SMILES string of the molecule is CC(NC(C)(C)CCO)C(=O)N1CCCCC1. The molecule has 4 heteroatoms. The van der Waals surface area contributed by atoms with Gasteiger partial charge in [0, 0.05) is 25.2 Å². The molecule has 0 spiro atoms. The number of hydrogen-bond acceptors (Lipinski definition) is 3.